The lowest BCUT2D eigenvalue weighted by Gasteiger charge is -2.33. The van der Waals surface area contributed by atoms with Gasteiger partial charge in [0.1, 0.15) is 17.4 Å². The second-order valence-corrected chi connectivity index (χ2v) is 10.1. The molecule has 0 amide bonds. The molecule has 4 rings (SSSR count). The topological polar surface area (TPSA) is 17.1 Å². The maximum atomic E-state index is 14.0. The number of carbonyl (C=O) groups is 1. The van der Waals surface area contributed by atoms with Crippen LogP contribution in [0.1, 0.15) is 100 Å². The first-order valence-corrected chi connectivity index (χ1v) is 12.6. The van der Waals surface area contributed by atoms with Gasteiger partial charge >= 0.3 is 0 Å². The monoisotopic (exact) mass is 438 g/mol. The van der Waals surface area contributed by atoms with Crippen molar-refractivity contribution in [2.75, 3.05) is 0 Å². The third kappa shape index (κ3) is 6.05. The van der Waals surface area contributed by atoms with Gasteiger partial charge in [0.25, 0.3) is 0 Å². The van der Waals surface area contributed by atoms with Gasteiger partial charge in [-0.05, 0) is 84.7 Å². The molecule has 0 aromatic heterocycles. The zero-order valence-corrected chi connectivity index (χ0v) is 19.1. The van der Waals surface area contributed by atoms with Gasteiger partial charge in [-0.15, -0.1) is 0 Å². The molecular formula is C29H36F2O. The molecule has 0 saturated heterocycles. The summed E-state index contributed by atoms with van der Waals surface area (Å²) in [4.78, 5) is 13.5. The van der Waals surface area contributed by atoms with Gasteiger partial charge in [0.05, 0.1) is 0 Å². The SMILES string of the molecule is O=C(C[C@@H](c1cccc(F)c1)C1CCCCC1)C[C@@H](c1cccc(F)c1)C1CCCCC1. The van der Waals surface area contributed by atoms with E-state index in [-0.39, 0.29) is 29.3 Å². The number of ketones is 1. The minimum absolute atomic E-state index is 0.0815. The van der Waals surface area contributed by atoms with E-state index >= 15 is 0 Å². The Hall–Kier alpha value is -2.03. The summed E-state index contributed by atoms with van der Waals surface area (Å²) in [5.74, 6) is 0.834. The molecule has 2 saturated carbocycles. The summed E-state index contributed by atoms with van der Waals surface area (Å²) < 4.78 is 28.0. The van der Waals surface area contributed by atoms with Gasteiger partial charge < -0.3 is 0 Å². The summed E-state index contributed by atoms with van der Waals surface area (Å²) in [6.07, 6.45) is 12.7. The quantitative estimate of drug-likeness (QED) is 0.405. The first-order chi connectivity index (χ1) is 15.6. The average Bonchev–Trinajstić information content (AvgIpc) is 2.82. The van der Waals surface area contributed by atoms with Crippen molar-refractivity contribution < 1.29 is 13.6 Å². The highest BCUT2D eigenvalue weighted by atomic mass is 19.1. The van der Waals surface area contributed by atoms with Crippen LogP contribution in [0.3, 0.4) is 0 Å². The van der Waals surface area contributed by atoms with E-state index in [1.54, 1.807) is 24.3 Å². The van der Waals surface area contributed by atoms with Gasteiger partial charge in [0, 0.05) is 12.8 Å². The van der Waals surface area contributed by atoms with Crippen LogP contribution in [0.4, 0.5) is 8.78 Å². The van der Waals surface area contributed by atoms with Crippen molar-refractivity contribution in [1.29, 1.82) is 0 Å². The van der Waals surface area contributed by atoms with Crippen molar-refractivity contribution >= 4 is 5.78 Å². The minimum Gasteiger partial charge on any atom is -0.300 e. The van der Waals surface area contributed by atoms with Crippen molar-refractivity contribution in [2.24, 2.45) is 11.8 Å². The van der Waals surface area contributed by atoms with Crippen molar-refractivity contribution in [3.05, 3.63) is 71.3 Å². The molecule has 0 N–H and O–H groups in total. The number of Topliss-reactive ketones (excluding diaryl/α,β-unsaturated/α-hetero) is 1. The zero-order valence-electron chi connectivity index (χ0n) is 19.1. The highest BCUT2D eigenvalue weighted by Gasteiger charge is 2.31. The van der Waals surface area contributed by atoms with E-state index in [0.717, 1.165) is 36.8 Å². The summed E-state index contributed by atoms with van der Waals surface area (Å²) in [6.45, 7) is 0. The van der Waals surface area contributed by atoms with E-state index in [2.05, 4.69) is 0 Å². The van der Waals surface area contributed by atoms with Crippen molar-refractivity contribution in [2.45, 2.75) is 88.9 Å². The Kier molecular flexibility index (Phi) is 8.10. The molecule has 2 aliphatic carbocycles. The van der Waals surface area contributed by atoms with Crippen molar-refractivity contribution in [3.63, 3.8) is 0 Å². The number of halogens is 2. The maximum absolute atomic E-state index is 14.0. The molecule has 3 heteroatoms. The fourth-order valence-corrected chi connectivity index (χ4v) is 6.23. The smallest absolute Gasteiger partial charge is 0.134 e. The number of hydrogen-bond acceptors (Lipinski definition) is 1. The van der Waals surface area contributed by atoms with E-state index in [1.165, 1.54) is 50.7 Å². The largest absolute Gasteiger partial charge is 0.300 e. The van der Waals surface area contributed by atoms with E-state index < -0.39 is 0 Å². The molecule has 2 atom stereocenters. The zero-order chi connectivity index (χ0) is 22.3. The molecule has 0 aliphatic heterocycles. The van der Waals surface area contributed by atoms with E-state index in [9.17, 15) is 13.6 Å². The molecule has 2 aromatic rings. The van der Waals surface area contributed by atoms with Gasteiger partial charge in [-0.1, -0.05) is 62.8 Å². The van der Waals surface area contributed by atoms with Crippen LogP contribution in [0, 0.1) is 23.5 Å². The Labute approximate surface area is 191 Å². The van der Waals surface area contributed by atoms with E-state index in [4.69, 9.17) is 0 Å². The Morgan fingerprint density at radius 1 is 0.688 bits per heavy atom. The summed E-state index contributed by atoms with van der Waals surface area (Å²) in [6, 6.07) is 13.7. The second kappa shape index (κ2) is 11.2. The second-order valence-electron chi connectivity index (χ2n) is 10.1. The van der Waals surface area contributed by atoms with Gasteiger partial charge in [-0.25, -0.2) is 8.78 Å². The van der Waals surface area contributed by atoms with Crippen LogP contribution in [0.15, 0.2) is 48.5 Å². The molecule has 0 unspecified atom stereocenters. The van der Waals surface area contributed by atoms with Crippen LogP contribution in [-0.2, 0) is 4.79 Å². The Morgan fingerprint density at radius 2 is 1.09 bits per heavy atom. The van der Waals surface area contributed by atoms with Gasteiger partial charge in [-0.2, -0.15) is 0 Å². The van der Waals surface area contributed by atoms with Gasteiger partial charge in [-0.3, -0.25) is 4.79 Å². The van der Waals surface area contributed by atoms with Crippen LogP contribution in [0.5, 0.6) is 0 Å². The van der Waals surface area contributed by atoms with Crippen LogP contribution in [-0.4, -0.2) is 5.78 Å². The molecule has 0 spiro atoms. The number of hydrogen-bond donors (Lipinski definition) is 0. The molecule has 172 valence electrons. The highest BCUT2D eigenvalue weighted by molar-refractivity contribution is 5.80. The Balaban J connectivity index is 1.54. The maximum Gasteiger partial charge on any atom is 0.134 e. The third-order valence-corrected chi connectivity index (χ3v) is 7.89. The first-order valence-electron chi connectivity index (χ1n) is 12.6. The van der Waals surface area contributed by atoms with Crippen LogP contribution >= 0.6 is 0 Å². The van der Waals surface area contributed by atoms with Gasteiger partial charge in [0.15, 0.2) is 0 Å². The fourth-order valence-electron chi connectivity index (χ4n) is 6.23. The molecule has 32 heavy (non-hydrogen) atoms. The van der Waals surface area contributed by atoms with Crippen LogP contribution in [0.2, 0.25) is 0 Å². The number of rotatable bonds is 8. The number of benzene rings is 2. The van der Waals surface area contributed by atoms with Crippen molar-refractivity contribution in [3.8, 4) is 0 Å². The first kappa shape index (κ1) is 23.1. The normalized spacial score (nSPS) is 20.1. The average molecular weight is 439 g/mol. The molecule has 0 radical (unpaired) electrons. The van der Waals surface area contributed by atoms with Crippen LogP contribution in [0.25, 0.3) is 0 Å². The Bertz CT molecular complexity index is 809. The Morgan fingerprint density at radius 3 is 1.47 bits per heavy atom. The summed E-state index contributed by atoms with van der Waals surface area (Å²) >= 11 is 0. The lowest BCUT2D eigenvalue weighted by atomic mass is 9.71. The lowest BCUT2D eigenvalue weighted by Crippen LogP contribution is -2.23. The van der Waals surface area contributed by atoms with Crippen molar-refractivity contribution in [1.82, 2.24) is 0 Å². The summed E-state index contributed by atoms with van der Waals surface area (Å²) in [5, 5.41) is 0. The lowest BCUT2D eigenvalue weighted by molar-refractivity contribution is -0.120. The fraction of sp³-hybridized carbons (Fsp3) is 0.552. The summed E-state index contributed by atoms with van der Waals surface area (Å²) in [5.41, 5.74) is 1.93. The van der Waals surface area contributed by atoms with Crippen LogP contribution < -0.4 is 0 Å². The molecule has 2 aromatic carbocycles. The molecule has 1 nitrogen and oxygen atoms in total. The molecule has 2 fully saturated rings. The molecule has 2 aliphatic rings. The predicted octanol–water partition coefficient (Wildman–Crippen LogP) is 8.34. The van der Waals surface area contributed by atoms with Gasteiger partial charge in [0.2, 0.25) is 0 Å². The molecular weight excluding hydrogens is 402 g/mol. The summed E-state index contributed by atoms with van der Waals surface area (Å²) in [7, 11) is 0. The molecule has 0 heterocycles. The molecule has 0 bridgehead atoms. The van der Waals surface area contributed by atoms with E-state index in [1.807, 2.05) is 12.1 Å². The highest BCUT2D eigenvalue weighted by Crippen LogP contribution is 2.42. The number of carbonyl (C=O) groups excluding carboxylic acids is 1. The third-order valence-electron chi connectivity index (χ3n) is 7.89. The van der Waals surface area contributed by atoms with E-state index in [0.29, 0.717) is 24.7 Å². The predicted molar refractivity (Wildman–Crippen MR) is 126 cm³/mol. The standard InChI is InChI=1S/C29H36F2O/c30-25-15-7-13-23(17-25)28(21-9-3-1-4-10-21)19-27(32)20-29(22-11-5-2-6-12-22)24-14-8-16-26(31)18-24/h7-8,13-18,21-22,28-29H,1-6,9-12,19-20H2/t28-,29-/m1/s1. The minimum atomic E-state index is -0.226.